The maximum absolute atomic E-state index is 11.6. The smallest absolute Gasteiger partial charge is 0.349 e. The Balaban J connectivity index is 1.90. The summed E-state index contributed by atoms with van der Waals surface area (Å²) in [6, 6.07) is 12.7. The van der Waals surface area contributed by atoms with Crippen LogP contribution in [0.3, 0.4) is 0 Å². The van der Waals surface area contributed by atoms with Crippen molar-refractivity contribution in [1.29, 1.82) is 0 Å². The lowest BCUT2D eigenvalue weighted by Gasteiger charge is -2.08. The summed E-state index contributed by atoms with van der Waals surface area (Å²) in [6.45, 7) is -0.276. The van der Waals surface area contributed by atoms with Crippen molar-refractivity contribution in [2.45, 2.75) is 0 Å². The fraction of sp³-hybridized carbons (Fsp3) is 0.0667. The largest absolute Gasteiger partial charge is 0.480 e. The monoisotopic (exact) mass is 305 g/mol. The second-order valence-electron chi connectivity index (χ2n) is 4.08. The Morgan fingerprint density at radius 1 is 1.05 bits per heavy atom. The van der Waals surface area contributed by atoms with Crippen LogP contribution in [-0.2, 0) is 4.79 Å². The molecular weight excluding hydrogens is 294 g/mol. The van der Waals surface area contributed by atoms with Gasteiger partial charge in [0.05, 0.1) is 5.02 Å². The number of primary amides is 1. The lowest BCUT2D eigenvalue weighted by Crippen LogP contribution is -2.18. The van der Waals surface area contributed by atoms with Crippen molar-refractivity contribution in [3.8, 4) is 11.5 Å². The van der Waals surface area contributed by atoms with E-state index in [1.807, 2.05) is 0 Å². The average Bonchev–Trinajstić information content (AvgIpc) is 2.47. The molecule has 0 aromatic heterocycles. The standard InChI is InChI=1S/C15H12ClNO4/c16-12-3-1-2-4-13(12)20-9-14(18)21-11-7-5-10(6-8-11)15(17)19/h1-8H,9H2,(H2,17,19). The summed E-state index contributed by atoms with van der Waals surface area (Å²) in [4.78, 5) is 22.5. The van der Waals surface area contributed by atoms with Crippen LogP contribution in [0.15, 0.2) is 48.5 Å². The quantitative estimate of drug-likeness (QED) is 0.679. The summed E-state index contributed by atoms with van der Waals surface area (Å²) >= 11 is 5.89. The van der Waals surface area contributed by atoms with Gasteiger partial charge in [-0.25, -0.2) is 4.79 Å². The number of esters is 1. The van der Waals surface area contributed by atoms with Gasteiger partial charge in [-0.1, -0.05) is 23.7 Å². The average molecular weight is 306 g/mol. The van der Waals surface area contributed by atoms with Crippen molar-refractivity contribution in [2.75, 3.05) is 6.61 Å². The number of rotatable bonds is 5. The molecule has 0 heterocycles. The molecule has 5 nitrogen and oxygen atoms in total. The van der Waals surface area contributed by atoms with Gasteiger partial charge in [-0.3, -0.25) is 4.79 Å². The summed E-state index contributed by atoms with van der Waals surface area (Å²) in [5, 5.41) is 0.413. The van der Waals surface area contributed by atoms with E-state index in [-0.39, 0.29) is 6.61 Å². The summed E-state index contributed by atoms with van der Waals surface area (Å²) in [6.07, 6.45) is 0. The Labute approximate surface area is 126 Å². The Morgan fingerprint density at radius 3 is 2.33 bits per heavy atom. The molecule has 0 aliphatic rings. The third-order valence-corrected chi connectivity index (χ3v) is 2.86. The molecule has 2 N–H and O–H groups in total. The van der Waals surface area contributed by atoms with Gasteiger partial charge >= 0.3 is 5.97 Å². The first-order valence-electron chi connectivity index (χ1n) is 6.04. The van der Waals surface area contributed by atoms with E-state index in [4.69, 9.17) is 26.8 Å². The van der Waals surface area contributed by atoms with Crippen molar-refractivity contribution in [1.82, 2.24) is 0 Å². The molecule has 0 bridgehead atoms. The highest BCUT2D eigenvalue weighted by atomic mass is 35.5. The van der Waals surface area contributed by atoms with E-state index in [1.165, 1.54) is 24.3 Å². The van der Waals surface area contributed by atoms with E-state index >= 15 is 0 Å². The molecule has 0 radical (unpaired) electrons. The van der Waals surface area contributed by atoms with E-state index < -0.39 is 11.9 Å². The van der Waals surface area contributed by atoms with Crippen LogP contribution in [0.5, 0.6) is 11.5 Å². The number of carbonyl (C=O) groups is 2. The van der Waals surface area contributed by atoms with Crippen molar-refractivity contribution in [3.05, 3.63) is 59.1 Å². The van der Waals surface area contributed by atoms with Crippen LogP contribution >= 0.6 is 11.6 Å². The van der Waals surface area contributed by atoms with E-state index in [9.17, 15) is 9.59 Å². The summed E-state index contributed by atoms with van der Waals surface area (Å²) in [5.74, 6) is -0.426. The summed E-state index contributed by atoms with van der Waals surface area (Å²) in [5.41, 5.74) is 5.45. The highest BCUT2D eigenvalue weighted by molar-refractivity contribution is 6.32. The molecule has 0 saturated heterocycles. The number of hydrogen-bond acceptors (Lipinski definition) is 4. The topological polar surface area (TPSA) is 78.6 Å². The lowest BCUT2D eigenvalue weighted by molar-refractivity contribution is -0.136. The molecule has 0 aliphatic carbocycles. The second kappa shape index (κ2) is 6.76. The van der Waals surface area contributed by atoms with Crippen LogP contribution in [0.2, 0.25) is 5.02 Å². The Bertz CT molecular complexity index is 655. The third kappa shape index (κ3) is 4.22. The van der Waals surface area contributed by atoms with Crippen molar-refractivity contribution in [3.63, 3.8) is 0 Å². The van der Waals surface area contributed by atoms with E-state index in [2.05, 4.69) is 0 Å². The molecule has 0 saturated carbocycles. The normalized spacial score (nSPS) is 9.95. The zero-order valence-electron chi connectivity index (χ0n) is 10.9. The molecule has 0 atom stereocenters. The first-order valence-corrected chi connectivity index (χ1v) is 6.42. The first-order chi connectivity index (χ1) is 10.1. The van der Waals surface area contributed by atoms with Crippen molar-refractivity contribution >= 4 is 23.5 Å². The first kappa shape index (κ1) is 14.9. The number of halogens is 1. The van der Waals surface area contributed by atoms with Crippen LogP contribution in [0.4, 0.5) is 0 Å². The summed E-state index contributed by atoms with van der Waals surface area (Å²) < 4.78 is 10.3. The van der Waals surface area contributed by atoms with Gasteiger partial charge in [-0.2, -0.15) is 0 Å². The zero-order valence-corrected chi connectivity index (χ0v) is 11.7. The van der Waals surface area contributed by atoms with Crippen LogP contribution in [-0.4, -0.2) is 18.5 Å². The van der Waals surface area contributed by atoms with Crippen LogP contribution in [0, 0.1) is 0 Å². The number of carbonyl (C=O) groups excluding carboxylic acids is 2. The van der Waals surface area contributed by atoms with Crippen LogP contribution in [0.25, 0.3) is 0 Å². The van der Waals surface area contributed by atoms with Gasteiger partial charge in [0.15, 0.2) is 6.61 Å². The lowest BCUT2D eigenvalue weighted by atomic mass is 10.2. The van der Waals surface area contributed by atoms with Gasteiger partial charge in [0.2, 0.25) is 5.91 Å². The van der Waals surface area contributed by atoms with E-state index in [1.54, 1.807) is 24.3 Å². The van der Waals surface area contributed by atoms with Gasteiger partial charge < -0.3 is 15.2 Å². The third-order valence-electron chi connectivity index (χ3n) is 2.55. The minimum absolute atomic E-state index is 0.276. The molecule has 1 amide bonds. The fourth-order valence-electron chi connectivity index (χ4n) is 1.55. The molecule has 2 aromatic carbocycles. The Kier molecular flexibility index (Phi) is 4.79. The SMILES string of the molecule is NC(=O)c1ccc(OC(=O)COc2ccccc2Cl)cc1. The number of ether oxygens (including phenoxy) is 2. The summed E-state index contributed by atoms with van der Waals surface area (Å²) in [7, 11) is 0. The molecule has 6 heteroatoms. The maximum Gasteiger partial charge on any atom is 0.349 e. The molecule has 2 aromatic rings. The number of hydrogen-bond donors (Lipinski definition) is 1. The molecule has 108 valence electrons. The number of para-hydroxylation sites is 1. The highest BCUT2D eigenvalue weighted by Crippen LogP contribution is 2.23. The molecular formula is C15H12ClNO4. The molecule has 0 unspecified atom stereocenters. The molecule has 0 fully saturated rings. The number of benzene rings is 2. The van der Waals surface area contributed by atoms with Crippen LogP contribution in [0.1, 0.15) is 10.4 Å². The van der Waals surface area contributed by atoms with Gasteiger partial charge in [0.25, 0.3) is 0 Å². The molecule has 2 rings (SSSR count). The Hall–Kier alpha value is -2.53. The van der Waals surface area contributed by atoms with E-state index in [0.29, 0.717) is 22.1 Å². The minimum atomic E-state index is -0.582. The van der Waals surface area contributed by atoms with Gasteiger partial charge in [0.1, 0.15) is 11.5 Å². The molecule has 0 aliphatic heterocycles. The van der Waals surface area contributed by atoms with Crippen molar-refractivity contribution < 1.29 is 19.1 Å². The number of nitrogens with two attached hydrogens (primary N) is 1. The fourth-order valence-corrected chi connectivity index (χ4v) is 1.74. The second-order valence-corrected chi connectivity index (χ2v) is 4.49. The predicted molar refractivity (Wildman–Crippen MR) is 77.5 cm³/mol. The number of amides is 1. The molecule has 0 spiro atoms. The van der Waals surface area contributed by atoms with Crippen LogP contribution < -0.4 is 15.2 Å². The van der Waals surface area contributed by atoms with Crippen molar-refractivity contribution in [2.24, 2.45) is 5.73 Å². The predicted octanol–water partition coefficient (Wildman–Crippen LogP) is 2.42. The minimum Gasteiger partial charge on any atom is -0.480 e. The maximum atomic E-state index is 11.6. The van der Waals surface area contributed by atoms with E-state index in [0.717, 1.165) is 0 Å². The van der Waals surface area contributed by atoms with Gasteiger partial charge in [0, 0.05) is 5.56 Å². The van der Waals surface area contributed by atoms with Gasteiger partial charge in [-0.05, 0) is 36.4 Å². The zero-order chi connectivity index (χ0) is 15.2. The highest BCUT2D eigenvalue weighted by Gasteiger charge is 2.08. The molecule has 21 heavy (non-hydrogen) atoms. The van der Waals surface area contributed by atoms with Gasteiger partial charge in [-0.15, -0.1) is 0 Å². The Morgan fingerprint density at radius 2 is 1.71 bits per heavy atom.